The molecule has 0 aliphatic heterocycles. The lowest BCUT2D eigenvalue weighted by atomic mass is 9.94. The Morgan fingerprint density at radius 1 is 1.47 bits per heavy atom. The van der Waals surface area contributed by atoms with E-state index in [1.165, 1.54) is 4.57 Å². The summed E-state index contributed by atoms with van der Waals surface area (Å²) in [4.78, 5) is 23.5. The van der Waals surface area contributed by atoms with Gasteiger partial charge in [-0.2, -0.15) is 0 Å². The molecule has 2 N–H and O–H groups in total. The van der Waals surface area contributed by atoms with Gasteiger partial charge in [0.15, 0.2) is 0 Å². The number of hydrogen-bond donors (Lipinski definition) is 2. The fraction of sp³-hybridized carbons (Fsp3) is 0.429. The first-order valence-corrected chi connectivity index (χ1v) is 6.52. The topological polar surface area (TPSA) is 63.1 Å². The summed E-state index contributed by atoms with van der Waals surface area (Å²) in [6.45, 7) is 0.642. The molecule has 0 saturated carbocycles. The van der Waals surface area contributed by atoms with Gasteiger partial charge in [0, 0.05) is 19.8 Å². The van der Waals surface area contributed by atoms with Crippen molar-refractivity contribution >= 4 is 11.7 Å². The van der Waals surface area contributed by atoms with E-state index >= 15 is 0 Å². The average molecular weight is 261 g/mol. The minimum absolute atomic E-state index is 0.210. The molecule has 2 amide bonds. The number of anilines is 1. The molecule has 1 aliphatic carbocycles. The van der Waals surface area contributed by atoms with Crippen LogP contribution < -0.4 is 16.2 Å². The van der Waals surface area contributed by atoms with Gasteiger partial charge in [-0.1, -0.05) is 12.2 Å². The molecule has 1 aliphatic rings. The quantitative estimate of drug-likeness (QED) is 0.816. The van der Waals surface area contributed by atoms with E-state index in [1.54, 1.807) is 25.4 Å². The van der Waals surface area contributed by atoms with Gasteiger partial charge < -0.3 is 15.2 Å². The van der Waals surface area contributed by atoms with Crippen molar-refractivity contribution in [3.05, 3.63) is 40.8 Å². The molecule has 102 valence electrons. The van der Waals surface area contributed by atoms with E-state index in [4.69, 9.17) is 0 Å². The highest BCUT2D eigenvalue weighted by atomic mass is 16.2. The summed E-state index contributed by atoms with van der Waals surface area (Å²) in [5.41, 5.74) is 0.0873. The minimum atomic E-state index is -0.321. The van der Waals surface area contributed by atoms with Crippen LogP contribution in [0.1, 0.15) is 19.3 Å². The average Bonchev–Trinajstić information content (AvgIpc) is 2.43. The number of allylic oxidation sites excluding steroid dienone is 2. The Morgan fingerprint density at radius 2 is 2.32 bits per heavy atom. The maximum absolute atomic E-state index is 11.7. The number of hydrogen-bond acceptors (Lipinski definition) is 2. The molecule has 2 rings (SSSR count). The molecule has 0 fully saturated rings. The highest BCUT2D eigenvalue weighted by Gasteiger charge is 2.12. The Kier molecular flexibility index (Phi) is 4.39. The van der Waals surface area contributed by atoms with Crippen molar-refractivity contribution in [2.45, 2.75) is 19.3 Å². The van der Waals surface area contributed by atoms with Gasteiger partial charge >= 0.3 is 6.03 Å². The second kappa shape index (κ2) is 6.22. The fourth-order valence-corrected chi connectivity index (χ4v) is 2.14. The van der Waals surface area contributed by atoms with Crippen molar-refractivity contribution in [1.29, 1.82) is 0 Å². The van der Waals surface area contributed by atoms with Gasteiger partial charge in [-0.3, -0.25) is 4.79 Å². The largest absolute Gasteiger partial charge is 0.338 e. The number of aromatic nitrogens is 1. The lowest BCUT2D eigenvalue weighted by Crippen LogP contribution is -2.35. The van der Waals surface area contributed by atoms with Crippen LogP contribution in [0.5, 0.6) is 0 Å². The molecule has 5 heteroatoms. The van der Waals surface area contributed by atoms with Gasteiger partial charge in [0.25, 0.3) is 5.56 Å². The van der Waals surface area contributed by atoms with Gasteiger partial charge in [0.05, 0.1) is 0 Å². The third kappa shape index (κ3) is 3.71. The summed E-state index contributed by atoms with van der Waals surface area (Å²) < 4.78 is 1.43. The Bertz CT molecular complexity index is 534. The van der Waals surface area contributed by atoms with Crippen LogP contribution in [0.15, 0.2) is 35.3 Å². The van der Waals surface area contributed by atoms with Gasteiger partial charge in [-0.25, -0.2) is 4.79 Å². The fourth-order valence-electron chi connectivity index (χ4n) is 2.14. The van der Waals surface area contributed by atoms with Crippen LogP contribution in [-0.2, 0) is 7.05 Å². The van der Waals surface area contributed by atoms with Crippen LogP contribution in [0, 0.1) is 5.92 Å². The monoisotopic (exact) mass is 261 g/mol. The molecule has 0 radical (unpaired) electrons. The van der Waals surface area contributed by atoms with Crippen LogP contribution >= 0.6 is 0 Å². The smallest absolute Gasteiger partial charge is 0.319 e. The summed E-state index contributed by atoms with van der Waals surface area (Å²) in [7, 11) is 1.65. The molecular weight excluding hydrogens is 242 g/mol. The predicted molar refractivity (Wildman–Crippen MR) is 75.2 cm³/mol. The van der Waals surface area contributed by atoms with E-state index in [0.717, 1.165) is 19.3 Å². The van der Waals surface area contributed by atoms with Gasteiger partial charge in [-0.15, -0.1) is 0 Å². The van der Waals surface area contributed by atoms with Crippen molar-refractivity contribution in [2.75, 3.05) is 11.9 Å². The normalized spacial score (nSPS) is 18.1. The van der Waals surface area contributed by atoms with E-state index < -0.39 is 0 Å². The summed E-state index contributed by atoms with van der Waals surface area (Å²) in [6.07, 6.45) is 9.16. The summed E-state index contributed by atoms with van der Waals surface area (Å²) in [5, 5.41) is 5.40. The summed E-state index contributed by atoms with van der Waals surface area (Å²) >= 11 is 0. The molecule has 1 aromatic rings. The Hall–Kier alpha value is -2.04. The van der Waals surface area contributed by atoms with Crippen LogP contribution in [-0.4, -0.2) is 17.1 Å². The first kappa shape index (κ1) is 13.4. The first-order chi connectivity index (χ1) is 9.16. The molecule has 1 atom stereocenters. The van der Waals surface area contributed by atoms with Crippen LogP contribution in [0.2, 0.25) is 0 Å². The van der Waals surface area contributed by atoms with Gasteiger partial charge in [0.1, 0.15) is 5.69 Å². The van der Waals surface area contributed by atoms with E-state index in [-0.39, 0.29) is 11.6 Å². The zero-order chi connectivity index (χ0) is 13.7. The lowest BCUT2D eigenvalue weighted by Gasteiger charge is -2.18. The van der Waals surface area contributed by atoms with E-state index in [1.807, 2.05) is 0 Å². The molecule has 0 saturated heterocycles. The number of carbonyl (C=O) groups excluding carboxylic acids is 1. The third-order valence-electron chi connectivity index (χ3n) is 3.30. The molecular formula is C14H19N3O2. The minimum Gasteiger partial charge on any atom is -0.338 e. The zero-order valence-corrected chi connectivity index (χ0v) is 11.1. The molecule has 0 aromatic carbocycles. The number of nitrogens with zero attached hydrogens (tertiary/aromatic N) is 1. The molecule has 0 bridgehead atoms. The Labute approximate surface area is 112 Å². The van der Waals surface area contributed by atoms with Gasteiger partial charge in [0.2, 0.25) is 0 Å². The van der Waals surface area contributed by atoms with Crippen molar-refractivity contribution < 1.29 is 4.79 Å². The van der Waals surface area contributed by atoms with Crippen molar-refractivity contribution in [2.24, 2.45) is 13.0 Å². The highest BCUT2D eigenvalue weighted by molar-refractivity contribution is 5.88. The van der Waals surface area contributed by atoms with Crippen LogP contribution in [0.3, 0.4) is 0 Å². The van der Waals surface area contributed by atoms with Crippen molar-refractivity contribution in [3.63, 3.8) is 0 Å². The van der Waals surface area contributed by atoms with Crippen molar-refractivity contribution in [3.8, 4) is 0 Å². The summed E-state index contributed by atoms with van der Waals surface area (Å²) in [5.74, 6) is 0.495. The maximum atomic E-state index is 11.7. The lowest BCUT2D eigenvalue weighted by molar-refractivity contribution is 0.249. The second-order valence-corrected chi connectivity index (χ2v) is 4.82. The molecule has 1 aromatic heterocycles. The van der Waals surface area contributed by atoms with Crippen molar-refractivity contribution in [1.82, 2.24) is 9.88 Å². The number of urea groups is 1. The van der Waals surface area contributed by atoms with Gasteiger partial charge in [-0.05, 0) is 37.3 Å². The predicted octanol–water partition coefficient (Wildman–Crippen LogP) is 1.86. The maximum Gasteiger partial charge on any atom is 0.319 e. The third-order valence-corrected chi connectivity index (χ3v) is 3.30. The Morgan fingerprint density at radius 3 is 3.05 bits per heavy atom. The van der Waals surface area contributed by atoms with Crippen LogP contribution in [0.4, 0.5) is 10.5 Å². The number of aryl methyl sites for hydroxylation is 1. The highest BCUT2D eigenvalue weighted by Crippen LogP contribution is 2.16. The van der Waals surface area contributed by atoms with E-state index in [2.05, 4.69) is 22.8 Å². The number of carbonyl (C=O) groups is 1. The number of pyridine rings is 1. The number of amides is 2. The molecule has 0 spiro atoms. The van der Waals surface area contributed by atoms with E-state index in [0.29, 0.717) is 18.2 Å². The standard InChI is InChI=1S/C14H19N3O2/c1-17-9-5-8-12(13(17)18)16-14(19)15-10-11-6-3-2-4-7-11/h2-3,5,8-9,11H,4,6-7,10H2,1H3,(H2,15,16,19). The summed E-state index contributed by atoms with van der Waals surface area (Å²) in [6, 6.07) is 3.01. The molecule has 1 unspecified atom stereocenters. The first-order valence-electron chi connectivity index (χ1n) is 6.52. The molecule has 5 nitrogen and oxygen atoms in total. The zero-order valence-electron chi connectivity index (χ0n) is 11.1. The second-order valence-electron chi connectivity index (χ2n) is 4.82. The van der Waals surface area contributed by atoms with E-state index in [9.17, 15) is 9.59 Å². The Balaban J connectivity index is 1.85. The SMILES string of the molecule is Cn1cccc(NC(=O)NCC2CC=CCC2)c1=O. The molecule has 1 heterocycles. The molecule has 19 heavy (non-hydrogen) atoms. The number of rotatable bonds is 3. The number of nitrogens with one attached hydrogen (secondary N) is 2. The van der Waals surface area contributed by atoms with Crippen LogP contribution in [0.25, 0.3) is 0 Å².